The lowest BCUT2D eigenvalue weighted by Crippen LogP contribution is -2.44. The van der Waals surface area contributed by atoms with Crippen LogP contribution in [0, 0.1) is 6.92 Å². The first-order valence-corrected chi connectivity index (χ1v) is 24.7. The Hall–Kier alpha value is -5.42. The maximum Gasteiger partial charge on any atom is 0.330 e. The number of benzene rings is 4. The molecule has 1 aliphatic rings. The van der Waals surface area contributed by atoms with E-state index < -0.39 is 49.9 Å². The second-order valence-corrected chi connectivity index (χ2v) is 19.1. The zero-order valence-corrected chi connectivity index (χ0v) is 43.1. The first-order chi connectivity index (χ1) is 33.7. The van der Waals surface area contributed by atoms with Gasteiger partial charge in [0.25, 0.3) is 20.0 Å². The number of hydrogen-bond donors (Lipinski definition) is 1. The van der Waals surface area contributed by atoms with Crippen LogP contribution in [-0.4, -0.2) is 123 Å². The molecule has 5 atom stereocenters. The van der Waals surface area contributed by atoms with Gasteiger partial charge in [0.2, 0.25) is 0 Å². The third kappa shape index (κ3) is 12.5. The highest BCUT2D eigenvalue weighted by atomic mass is 31.2. The number of aromatic amines is 1. The van der Waals surface area contributed by atoms with E-state index in [4.69, 9.17) is 42.2 Å². The third-order valence-electron chi connectivity index (χ3n) is 12.2. The number of carbonyl (C=O) groups excluding carboxylic acids is 1. The molecule has 1 N–H and O–H groups in total. The molecule has 0 bridgehead atoms. The van der Waals surface area contributed by atoms with Gasteiger partial charge in [0.15, 0.2) is 6.23 Å². The summed E-state index contributed by atoms with van der Waals surface area (Å²) >= 11 is 0. The average molecular weight is 985 g/mol. The smallest absolute Gasteiger partial charge is 0.330 e. The Balaban J connectivity index is 1.46. The van der Waals surface area contributed by atoms with Gasteiger partial charge in [0, 0.05) is 49.1 Å². The number of aromatic nitrogens is 2. The quantitative estimate of drug-likeness (QED) is 0.0340. The molecule has 16 nitrogen and oxygen atoms in total. The third-order valence-corrected chi connectivity index (χ3v) is 14.3. The average Bonchev–Trinajstić information content (AvgIpc) is 3.69. The van der Waals surface area contributed by atoms with E-state index in [0.29, 0.717) is 28.4 Å². The van der Waals surface area contributed by atoms with Crippen LogP contribution >= 0.6 is 8.53 Å². The van der Waals surface area contributed by atoms with E-state index in [0.717, 1.165) is 16.7 Å². The molecule has 4 aromatic carbocycles. The van der Waals surface area contributed by atoms with Crippen molar-refractivity contribution in [2.45, 2.75) is 96.7 Å². The molecule has 0 aliphatic carbocycles. The number of carbonyl (C=O) groups is 1. The Morgan fingerprint density at radius 3 is 1.77 bits per heavy atom. The topological polar surface area (TPSA) is 161 Å². The molecule has 1 saturated heterocycles. The minimum Gasteiger partial charge on any atom is -0.497 e. The van der Waals surface area contributed by atoms with Crippen molar-refractivity contribution in [1.82, 2.24) is 19.1 Å². The van der Waals surface area contributed by atoms with Crippen molar-refractivity contribution in [3.63, 3.8) is 0 Å². The van der Waals surface area contributed by atoms with Crippen LogP contribution in [0.4, 0.5) is 0 Å². The molecule has 0 radical (unpaired) electrons. The highest BCUT2D eigenvalue weighted by molar-refractivity contribution is 7.44. The summed E-state index contributed by atoms with van der Waals surface area (Å²) in [5.74, 6) is 1.84. The summed E-state index contributed by atoms with van der Waals surface area (Å²) in [6.07, 6.45) is -2.47. The largest absolute Gasteiger partial charge is 0.497 e. The van der Waals surface area contributed by atoms with Crippen LogP contribution < -0.4 is 25.5 Å². The van der Waals surface area contributed by atoms with Gasteiger partial charge in [-0.15, -0.1) is 0 Å². The summed E-state index contributed by atoms with van der Waals surface area (Å²) in [6.45, 7) is 14.4. The molecule has 378 valence electrons. The molecular weight excluding hydrogens is 916 g/mol. The van der Waals surface area contributed by atoms with Crippen molar-refractivity contribution in [1.29, 1.82) is 0 Å². The fraction of sp³-hybridized carbons (Fsp3) is 0.453. The normalized spacial score (nSPS) is 17.6. The summed E-state index contributed by atoms with van der Waals surface area (Å²) in [5, 5.41) is 0. The van der Waals surface area contributed by atoms with Crippen LogP contribution in [0.25, 0.3) is 0 Å². The second kappa shape index (κ2) is 25.1. The number of hydrogen-bond acceptors (Lipinski definition) is 13. The van der Waals surface area contributed by atoms with Crippen LogP contribution in [0.15, 0.2) is 119 Å². The SMILES string of the molecule is COCCO[C@@H]1[C@H](OP(OCCN(C(=O)c2ccc(OC)cc2)C(C)C)N(C(C)C)C(C)C)[C@@H](COC(c2ccccc2)(c2ccc(OC)cc2)c2ccc(OC)cc2)O[C@H]1n1cc(C)c(=O)[nH]c1=O. The molecule has 6 rings (SSSR count). The van der Waals surface area contributed by atoms with Crippen molar-refractivity contribution < 1.29 is 47.0 Å². The minimum atomic E-state index is -1.95. The van der Waals surface area contributed by atoms with Gasteiger partial charge < -0.3 is 47.1 Å². The zero-order valence-electron chi connectivity index (χ0n) is 42.2. The van der Waals surface area contributed by atoms with Crippen LogP contribution in [0.3, 0.4) is 0 Å². The fourth-order valence-corrected chi connectivity index (χ4v) is 10.4. The molecular formula is C53H69N4O12P. The van der Waals surface area contributed by atoms with Gasteiger partial charge in [-0.05, 0) is 114 Å². The fourth-order valence-electron chi connectivity index (χ4n) is 8.63. The van der Waals surface area contributed by atoms with E-state index in [-0.39, 0.29) is 57.0 Å². The number of nitrogens with zero attached hydrogens (tertiary/aromatic N) is 3. The van der Waals surface area contributed by atoms with E-state index in [1.807, 2.05) is 92.7 Å². The van der Waals surface area contributed by atoms with Gasteiger partial charge in [-0.3, -0.25) is 19.1 Å². The zero-order chi connectivity index (χ0) is 50.5. The van der Waals surface area contributed by atoms with Crippen molar-refractivity contribution in [3.05, 3.63) is 158 Å². The molecule has 5 aromatic rings. The number of aryl methyl sites for hydroxylation is 1. The lowest BCUT2D eigenvalue weighted by Gasteiger charge is -2.40. The van der Waals surface area contributed by atoms with E-state index in [9.17, 15) is 14.4 Å². The number of H-pyrrole nitrogens is 1. The molecule has 70 heavy (non-hydrogen) atoms. The van der Waals surface area contributed by atoms with Crippen LogP contribution in [-0.2, 0) is 33.6 Å². The molecule has 0 saturated carbocycles. The Bertz CT molecular complexity index is 2460. The van der Waals surface area contributed by atoms with Gasteiger partial charge in [-0.2, -0.15) is 0 Å². The number of methoxy groups -OCH3 is 4. The van der Waals surface area contributed by atoms with Crippen LogP contribution in [0.2, 0.25) is 0 Å². The van der Waals surface area contributed by atoms with E-state index >= 15 is 0 Å². The molecule has 1 amide bonds. The first kappa shape index (κ1) is 53.9. The predicted octanol–water partition coefficient (Wildman–Crippen LogP) is 8.11. The van der Waals surface area contributed by atoms with Gasteiger partial charge in [-0.1, -0.05) is 54.6 Å². The van der Waals surface area contributed by atoms with E-state index in [2.05, 4.69) is 37.3 Å². The van der Waals surface area contributed by atoms with Crippen LogP contribution in [0.1, 0.15) is 80.4 Å². The standard InChI is InChI=1S/C53H69N4O12P/c1-35(2)55(50(59)39-17-23-43(62-9)24-18-39)29-30-67-70(57(36(3)4)37(5)6)69-47-46(68-51(48(47)65-32-31-61-8)56-33-38(7)49(58)54-52(56)60)34-66-53(40-15-13-12-14-16-40,41-19-25-44(63-10)26-20-41)42-21-27-45(64-11)28-22-42/h12-28,33,35-37,46-48,51H,29-32,34H2,1-11H3,(H,54,58,60)/t46-,47-,48-,51-,70?/m1/s1. The maximum atomic E-state index is 13.9. The number of ether oxygens (including phenoxy) is 7. The lowest BCUT2D eigenvalue weighted by molar-refractivity contribution is -0.0991. The molecule has 2 heterocycles. The summed E-state index contributed by atoms with van der Waals surface area (Å²) in [5.41, 5.74) is 0.800. The number of rotatable bonds is 25. The Kier molecular flexibility index (Phi) is 19.3. The highest BCUT2D eigenvalue weighted by Gasteiger charge is 2.51. The summed E-state index contributed by atoms with van der Waals surface area (Å²) in [6, 6.07) is 32.1. The Morgan fingerprint density at radius 2 is 1.26 bits per heavy atom. The molecule has 1 fully saturated rings. The van der Waals surface area contributed by atoms with Crippen molar-refractivity contribution >= 4 is 14.4 Å². The van der Waals surface area contributed by atoms with Crippen molar-refractivity contribution in [3.8, 4) is 17.2 Å². The van der Waals surface area contributed by atoms with Gasteiger partial charge in [0.05, 0.1) is 47.8 Å². The molecule has 0 spiro atoms. The van der Waals surface area contributed by atoms with E-state index in [1.54, 1.807) is 64.5 Å². The minimum absolute atomic E-state index is 0.0609. The highest BCUT2D eigenvalue weighted by Crippen LogP contribution is 2.51. The maximum absolute atomic E-state index is 13.9. The summed E-state index contributed by atoms with van der Waals surface area (Å²) in [7, 11) is 4.45. The molecule has 1 unspecified atom stereocenters. The Morgan fingerprint density at radius 1 is 0.714 bits per heavy atom. The summed E-state index contributed by atoms with van der Waals surface area (Å²) in [4.78, 5) is 44.7. The second-order valence-electron chi connectivity index (χ2n) is 17.7. The van der Waals surface area contributed by atoms with Gasteiger partial charge >= 0.3 is 5.69 Å². The summed E-state index contributed by atoms with van der Waals surface area (Å²) < 4.78 is 60.7. The lowest BCUT2D eigenvalue weighted by atomic mass is 9.80. The van der Waals surface area contributed by atoms with Crippen molar-refractivity contribution in [2.75, 3.05) is 61.4 Å². The molecule has 17 heteroatoms. The van der Waals surface area contributed by atoms with Gasteiger partial charge in [0.1, 0.15) is 41.2 Å². The first-order valence-electron chi connectivity index (χ1n) is 23.6. The van der Waals surface area contributed by atoms with Crippen molar-refractivity contribution in [2.24, 2.45) is 0 Å². The van der Waals surface area contributed by atoms with E-state index in [1.165, 1.54) is 10.8 Å². The monoisotopic (exact) mass is 984 g/mol. The van der Waals surface area contributed by atoms with Gasteiger partial charge in [-0.25, -0.2) is 9.46 Å². The Labute approximate surface area is 412 Å². The number of amides is 1. The predicted molar refractivity (Wildman–Crippen MR) is 269 cm³/mol. The van der Waals surface area contributed by atoms with Crippen LogP contribution in [0.5, 0.6) is 17.2 Å². The number of nitrogens with one attached hydrogen (secondary N) is 1. The molecule has 1 aromatic heterocycles. The molecule has 1 aliphatic heterocycles.